The van der Waals surface area contributed by atoms with Gasteiger partial charge < -0.3 is 4.74 Å². The zero-order valence-electron chi connectivity index (χ0n) is 17.7. The third kappa shape index (κ3) is 4.27. The van der Waals surface area contributed by atoms with Crippen molar-refractivity contribution >= 4 is 0 Å². The molecule has 150 valence electrons. The first-order valence-corrected chi connectivity index (χ1v) is 11.1. The second-order valence-corrected chi connectivity index (χ2v) is 9.18. The average Bonchev–Trinajstić information content (AvgIpc) is 2.73. The highest BCUT2D eigenvalue weighted by atomic mass is 16.5. The molecular weight excluding hydrogens is 342 g/mol. The largest absolute Gasteiger partial charge is 0.497 e. The van der Waals surface area contributed by atoms with Gasteiger partial charge in [0.15, 0.2) is 0 Å². The lowest BCUT2D eigenvalue weighted by Crippen LogP contribution is -2.51. The second-order valence-electron chi connectivity index (χ2n) is 9.18. The van der Waals surface area contributed by atoms with E-state index < -0.39 is 0 Å². The second kappa shape index (κ2) is 8.69. The highest BCUT2D eigenvalue weighted by Crippen LogP contribution is 2.43. The van der Waals surface area contributed by atoms with Crippen LogP contribution in [0.15, 0.2) is 54.6 Å². The Morgan fingerprint density at radius 1 is 1.00 bits per heavy atom. The van der Waals surface area contributed by atoms with Gasteiger partial charge in [-0.05, 0) is 80.0 Å². The summed E-state index contributed by atoms with van der Waals surface area (Å²) in [5, 5.41) is 0. The van der Waals surface area contributed by atoms with Crippen molar-refractivity contribution in [3.8, 4) is 5.75 Å². The lowest BCUT2D eigenvalue weighted by atomic mass is 9.69. The number of rotatable bonds is 5. The molecule has 0 aromatic heterocycles. The Morgan fingerprint density at radius 3 is 2.46 bits per heavy atom. The van der Waals surface area contributed by atoms with E-state index in [9.17, 15) is 0 Å². The summed E-state index contributed by atoms with van der Waals surface area (Å²) in [6.07, 6.45) is 6.73. The zero-order chi connectivity index (χ0) is 19.5. The van der Waals surface area contributed by atoms with E-state index in [-0.39, 0.29) is 0 Å². The first kappa shape index (κ1) is 19.5. The summed E-state index contributed by atoms with van der Waals surface area (Å²) < 4.78 is 5.31. The molecule has 5 atom stereocenters. The molecule has 1 saturated carbocycles. The maximum atomic E-state index is 5.31. The number of methoxy groups -OCH3 is 1. The molecule has 28 heavy (non-hydrogen) atoms. The molecule has 0 radical (unpaired) electrons. The van der Waals surface area contributed by atoms with E-state index in [4.69, 9.17) is 4.74 Å². The Morgan fingerprint density at radius 2 is 1.75 bits per heavy atom. The molecule has 2 aromatic rings. The number of hydrogen-bond donors (Lipinski definition) is 0. The predicted octanol–water partition coefficient (Wildman–Crippen LogP) is 6.13. The first-order valence-electron chi connectivity index (χ1n) is 11.1. The minimum absolute atomic E-state index is 0.523. The van der Waals surface area contributed by atoms with Crippen molar-refractivity contribution in [2.75, 3.05) is 13.7 Å². The van der Waals surface area contributed by atoms with Crippen LogP contribution in [0.1, 0.15) is 56.7 Å². The van der Waals surface area contributed by atoms with E-state index in [0.717, 1.165) is 29.5 Å². The molecule has 2 aromatic carbocycles. The van der Waals surface area contributed by atoms with Crippen LogP contribution >= 0.6 is 0 Å². The van der Waals surface area contributed by atoms with Crippen molar-refractivity contribution < 1.29 is 4.74 Å². The maximum absolute atomic E-state index is 5.31. The van der Waals surface area contributed by atoms with Crippen LogP contribution < -0.4 is 4.74 Å². The fraction of sp³-hybridized carbons (Fsp3) is 0.538. The van der Waals surface area contributed by atoms with Crippen molar-refractivity contribution in [3.63, 3.8) is 0 Å². The summed E-state index contributed by atoms with van der Waals surface area (Å²) in [7, 11) is 1.74. The number of benzene rings is 2. The van der Waals surface area contributed by atoms with Crippen LogP contribution in [0.2, 0.25) is 0 Å². The molecule has 0 spiro atoms. The third-order valence-corrected chi connectivity index (χ3v) is 7.17. The van der Waals surface area contributed by atoms with Crippen molar-refractivity contribution in [1.29, 1.82) is 0 Å². The van der Waals surface area contributed by atoms with Crippen LogP contribution in [0.3, 0.4) is 0 Å². The Kier molecular flexibility index (Phi) is 6.06. The van der Waals surface area contributed by atoms with E-state index in [1.807, 2.05) is 0 Å². The Bertz CT molecular complexity index is 741. The molecule has 0 N–H and O–H groups in total. The van der Waals surface area contributed by atoms with Crippen molar-refractivity contribution in [1.82, 2.24) is 4.90 Å². The number of likely N-dealkylation sites (tertiary alicyclic amines) is 1. The van der Waals surface area contributed by atoms with Gasteiger partial charge in [0.2, 0.25) is 0 Å². The zero-order valence-corrected chi connectivity index (χ0v) is 17.7. The lowest BCUT2D eigenvalue weighted by molar-refractivity contribution is -0.00722. The molecule has 4 rings (SSSR count). The molecule has 0 amide bonds. The molecule has 0 bridgehead atoms. The minimum atomic E-state index is 0.523. The van der Waals surface area contributed by atoms with Gasteiger partial charge in [0.1, 0.15) is 5.75 Å². The van der Waals surface area contributed by atoms with E-state index >= 15 is 0 Å². The first-order chi connectivity index (χ1) is 13.6. The number of piperidine rings is 1. The van der Waals surface area contributed by atoms with Crippen molar-refractivity contribution in [2.45, 2.75) is 58.0 Å². The summed E-state index contributed by atoms with van der Waals surface area (Å²) in [4.78, 5) is 2.83. The molecule has 0 unspecified atom stereocenters. The van der Waals surface area contributed by atoms with Gasteiger partial charge in [-0.25, -0.2) is 0 Å². The van der Waals surface area contributed by atoms with Crippen LogP contribution in [0.25, 0.3) is 0 Å². The van der Waals surface area contributed by atoms with Gasteiger partial charge in [-0.15, -0.1) is 0 Å². The summed E-state index contributed by atoms with van der Waals surface area (Å²) in [5.74, 6) is 3.44. The summed E-state index contributed by atoms with van der Waals surface area (Å²) in [5.41, 5.74) is 2.93. The SMILES string of the molecule is COc1ccc(C[C@H]2CC[C@@H]3[C@@H](C[C@@H](C)CN3[C@H](C)c3ccccc3)C2)cc1. The molecule has 1 saturated heterocycles. The van der Waals surface area contributed by atoms with Gasteiger partial charge in [-0.3, -0.25) is 4.90 Å². The monoisotopic (exact) mass is 377 g/mol. The molecule has 1 aliphatic heterocycles. The van der Waals surface area contributed by atoms with Crippen LogP contribution in [0.4, 0.5) is 0 Å². The van der Waals surface area contributed by atoms with Gasteiger partial charge in [0.25, 0.3) is 0 Å². The molecule has 2 nitrogen and oxygen atoms in total. The normalized spacial score (nSPS) is 29.1. The number of nitrogens with zero attached hydrogens (tertiary/aromatic N) is 1. The van der Waals surface area contributed by atoms with E-state index in [1.54, 1.807) is 7.11 Å². The molecule has 1 aliphatic carbocycles. The van der Waals surface area contributed by atoms with Crippen LogP contribution in [0.5, 0.6) is 5.75 Å². The van der Waals surface area contributed by atoms with Crippen molar-refractivity contribution in [3.05, 3.63) is 65.7 Å². The van der Waals surface area contributed by atoms with Crippen LogP contribution in [-0.4, -0.2) is 24.6 Å². The quantitative estimate of drug-likeness (QED) is 0.622. The Labute approximate surface area is 170 Å². The standard InChI is InChI=1S/C26H35NO/c1-19-15-24-17-22(16-21-9-12-25(28-3)13-10-21)11-14-26(24)27(18-19)20(2)23-7-5-4-6-8-23/h4-10,12-13,19-20,22,24,26H,11,14-18H2,1-3H3/t19-,20-,22-,24+,26-/m1/s1. The summed E-state index contributed by atoms with van der Waals surface area (Å²) in [6, 6.07) is 21.1. The topological polar surface area (TPSA) is 12.5 Å². The fourth-order valence-corrected chi connectivity index (χ4v) is 5.77. The average molecular weight is 378 g/mol. The predicted molar refractivity (Wildman–Crippen MR) is 117 cm³/mol. The molecule has 2 heteroatoms. The van der Waals surface area contributed by atoms with Gasteiger partial charge >= 0.3 is 0 Å². The number of ether oxygens (including phenoxy) is 1. The molecule has 2 fully saturated rings. The van der Waals surface area contributed by atoms with E-state index in [0.29, 0.717) is 6.04 Å². The van der Waals surface area contributed by atoms with Crippen molar-refractivity contribution in [2.24, 2.45) is 17.8 Å². The fourth-order valence-electron chi connectivity index (χ4n) is 5.77. The number of hydrogen-bond acceptors (Lipinski definition) is 2. The molecular formula is C26H35NO. The van der Waals surface area contributed by atoms with Crippen LogP contribution in [0, 0.1) is 17.8 Å². The smallest absolute Gasteiger partial charge is 0.118 e. The van der Waals surface area contributed by atoms with Gasteiger partial charge in [0, 0.05) is 18.6 Å². The van der Waals surface area contributed by atoms with E-state index in [1.165, 1.54) is 49.8 Å². The van der Waals surface area contributed by atoms with Crippen LogP contribution in [-0.2, 0) is 6.42 Å². The van der Waals surface area contributed by atoms with Gasteiger partial charge in [-0.1, -0.05) is 49.4 Å². The third-order valence-electron chi connectivity index (χ3n) is 7.17. The van der Waals surface area contributed by atoms with E-state index in [2.05, 4.69) is 73.3 Å². The van der Waals surface area contributed by atoms with Gasteiger partial charge in [-0.2, -0.15) is 0 Å². The number of fused-ring (bicyclic) bond motifs is 1. The Hall–Kier alpha value is -1.80. The summed E-state index contributed by atoms with van der Waals surface area (Å²) >= 11 is 0. The molecule has 1 heterocycles. The maximum Gasteiger partial charge on any atom is 0.118 e. The highest BCUT2D eigenvalue weighted by Gasteiger charge is 2.40. The molecule has 2 aliphatic rings. The minimum Gasteiger partial charge on any atom is -0.497 e. The highest BCUT2D eigenvalue weighted by molar-refractivity contribution is 5.27. The summed E-state index contributed by atoms with van der Waals surface area (Å²) in [6.45, 7) is 6.11. The lowest BCUT2D eigenvalue weighted by Gasteiger charge is -2.50. The Balaban J connectivity index is 1.43. The van der Waals surface area contributed by atoms with Gasteiger partial charge in [0.05, 0.1) is 7.11 Å².